The van der Waals surface area contributed by atoms with Gasteiger partial charge in [-0.1, -0.05) is 24.3 Å². The molecule has 2 heterocycles. The first-order chi connectivity index (χ1) is 16.8. The lowest BCUT2D eigenvalue weighted by molar-refractivity contribution is -0.274. The largest absolute Gasteiger partial charge is 0.573 e. The summed E-state index contributed by atoms with van der Waals surface area (Å²) < 4.78 is 63.0. The van der Waals surface area contributed by atoms with Gasteiger partial charge in [0.15, 0.2) is 16.5 Å². The monoisotopic (exact) mass is 502 g/mol. The van der Waals surface area contributed by atoms with Crippen molar-refractivity contribution in [2.75, 3.05) is 6.61 Å². The molecule has 0 atom stereocenters. The van der Waals surface area contributed by atoms with E-state index in [1.165, 1.54) is 33.9 Å². The first kappa shape index (κ1) is 23.1. The van der Waals surface area contributed by atoms with Crippen molar-refractivity contribution in [3.63, 3.8) is 0 Å². The van der Waals surface area contributed by atoms with Crippen molar-refractivity contribution in [2.24, 2.45) is 5.92 Å². The number of para-hydroxylation sites is 1. The first-order valence-corrected chi connectivity index (χ1v) is 11.6. The maximum absolute atomic E-state index is 14.5. The van der Waals surface area contributed by atoms with Crippen LogP contribution in [-0.2, 0) is 0 Å². The van der Waals surface area contributed by atoms with Crippen LogP contribution in [0.2, 0.25) is 0 Å². The van der Waals surface area contributed by atoms with Crippen LogP contribution in [-0.4, -0.2) is 22.4 Å². The smallest absolute Gasteiger partial charge is 0.490 e. The van der Waals surface area contributed by atoms with E-state index < -0.39 is 17.9 Å². The van der Waals surface area contributed by atoms with Crippen molar-refractivity contribution in [3.8, 4) is 22.6 Å². The Hall–Kier alpha value is -3.66. The van der Waals surface area contributed by atoms with E-state index in [-0.39, 0.29) is 16.9 Å². The molecule has 0 saturated heterocycles. The van der Waals surface area contributed by atoms with E-state index in [1.54, 1.807) is 35.9 Å². The molecular formula is C25H18F4N2O3S. The van der Waals surface area contributed by atoms with Crippen molar-refractivity contribution < 1.29 is 27.0 Å². The second-order valence-electron chi connectivity index (χ2n) is 8.05. The van der Waals surface area contributed by atoms with Crippen molar-refractivity contribution in [1.29, 1.82) is 0 Å². The van der Waals surface area contributed by atoms with E-state index in [4.69, 9.17) is 4.74 Å². The molecule has 0 N–H and O–H groups in total. The Morgan fingerprint density at radius 2 is 1.89 bits per heavy atom. The Morgan fingerprint density at radius 1 is 1.11 bits per heavy atom. The maximum atomic E-state index is 14.5. The van der Waals surface area contributed by atoms with Crippen LogP contribution < -0.4 is 15.0 Å². The number of alkyl halides is 3. The van der Waals surface area contributed by atoms with Crippen molar-refractivity contribution in [1.82, 2.24) is 9.38 Å². The summed E-state index contributed by atoms with van der Waals surface area (Å²) in [6.45, 7) is 0.431. The lowest BCUT2D eigenvalue weighted by Crippen LogP contribution is -2.18. The molecule has 10 heteroatoms. The minimum atomic E-state index is -4.82. The van der Waals surface area contributed by atoms with Crippen molar-refractivity contribution in [3.05, 3.63) is 81.5 Å². The summed E-state index contributed by atoms with van der Waals surface area (Å²) in [5.41, 5.74) is 0.942. The van der Waals surface area contributed by atoms with E-state index in [1.807, 2.05) is 0 Å². The molecule has 180 valence electrons. The topological polar surface area (TPSA) is 52.8 Å². The van der Waals surface area contributed by atoms with Gasteiger partial charge in [0, 0.05) is 17.1 Å². The molecule has 4 aromatic rings. The Morgan fingerprint density at radius 3 is 2.60 bits per heavy atom. The standard InChI is InChI=1S/C25H18F4N2O3S/c26-19-3-1-2-17(22(19)33-14-15-4-5-15)8-11-20-21(23(32)31-12-13-35-24(31)30-20)16-6-9-18(10-7-16)34-25(27,28)29/h1-3,6-13,15H,4-5,14H2/b11-8+. The quantitative estimate of drug-likeness (QED) is 0.274. The molecule has 0 amide bonds. The summed E-state index contributed by atoms with van der Waals surface area (Å²) in [5.74, 6) is -0.333. The van der Waals surface area contributed by atoms with Gasteiger partial charge in [-0.2, -0.15) is 0 Å². The van der Waals surface area contributed by atoms with Gasteiger partial charge in [0.2, 0.25) is 0 Å². The fraction of sp³-hybridized carbons (Fsp3) is 0.200. The van der Waals surface area contributed by atoms with Crippen LogP contribution in [0.25, 0.3) is 28.2 Å². The predicted octanol–water partition coefficient (Wildman–Crippen LogP) is 6.42. The molecule has 1 aliphatic rings. The van der Waals surface area contributed by atoms with Crippen molar-refractivity contribution >= 4 is 28.4 Å². The van der Waals surface area contributed by atoms with E-state index in [0.29, 0.717) is 34.3 Å². The van der Waals surface area contributed by atoms with E-state index in [2.05, 4.69) is 9.72 Å². The SMILES string of the molecule is O=c1c(-c2ccc(OC(F)(F)F)cc2)c(/C=C/c2cccc(F)c2OCC2CC2)nc2sccn12. The molecule has 0 spiro atoms. The molecule has 2 aromatic heterocycles. The van der Waals surface area contributed by atoms with Crippen molar-refractivity contribution in [2.45, 2.75) is 19.2 Å². The van der Waals surface area contributed by atoms with Gasteiger partial charge in [-0.3, -0.25) is 9.20 Å². The number of halogens is 4. The Bertz CT molecular complexity index is 1450. The van der Waals surface area contributed by atoms with Gasteiger partial charge in [-0.25, -0.2) is 9.37 Å². The molecule has 5 nitrogen and oxygen atoms in total. The lowest BCUT2D eigenvalue weighted by atomic mass is 10.0. The van der Waals surface area contributed by atoms with E-state index >= 15 is 0 Å². The van der Waals surface area contributed by atoms with Gasteiger partial charge in [-0.15, -0.1) is 24.5 Å². The summed E-state index contributed by atoms with van der Waals surface area (Å²) in [6.07, 6.45) is 2.06. The number of aromatic nitrogens is 2. The molecule has 1 fully saturated rings. The molecule has 0 unspecified atom stereocenters. The lowest BCUT2D eigenvalue weighted by Gasteiger charge is -2.11. The van der Waals surface area contributed by atoms with Crippen LogP contribution in [0.3, 0.4) is 0 Å². The normalized spacial score (nSPS) is 14.1. The number of rotatable bonds is 7. The highest BCUT2D eigenvalue weighted by Gasteiger charge is 2.31. The number of hydrogen-bond acceptors (Lipinski definition) is 5. The van der Waals surface area contributed by atoms with Crippen LogP contribution in [0.5, 0.6) is 11.5 Å². The van der Waals surface area contributed by atoms with Crippen LogP contribution >= 0.6 is 11.3 Å². The Balaban J connectivity index is 1.55. The molecule has 1 aliphatic carbocycles. The summed E-state index contributed by atoms with van der Waals surface area (Å²) in [6, 6.07) is 9.57. The average Bonchev–Trinajstić information content (AvgIpc) is 3.51. The van der Waals surface area contributed by atoms with E-state index in [9.17, 15) is 22.4 Å². The third-order valence-corrected chi connectivity index (χ3v) is 6.21. The minimum Gasteiger partial charge on any atom is -0.490 e. The summed E-state index contributed by atoms with van der Waals surface area (Å²) >= 11 is 1.26. The molecule has 35 heavy (non-hydrogen) atoms. The first-order valence-electron chi connectivity index (χ1n) is 10.7. The maximum Gasteiger partial charge on any atom is 0.573 e. The average molecular weight is 502 g/mol. The molecule has 1 saturated carbocycles. The third-order valence-electron chi connectivity index (χ3n) is 5.45. The molecule has 5 rings (SSSR count). The number of thiazole rings is 1. The molecular weight excluding hydrogens is 484 g/mol. The third kappa shape index (κ3) is 5.22. The zero-order valence-corrected chi connectivity index (χ0v) is 18.9. The second kappa shape index (κ2) is 9.18. The fourth-order valence-corrected chi connectivity index (χ4v) is 4.29. The molecule has 0 aliphatic heterocycles. The zero-order valence-electron chi connectivity index (χ0n) is 18.1. The van der Waals surface area contributed by atoms with Gasteiger partial charge >= 0.3 is 6.36 Å². The van der Waals surface area contributed by atoms with Gasteiger partial charge in [0.25, 0.3) is 5.56 Å². The Kier molecular flexibility index (Phi) is 6.06. The number of hydrogen-bond donors (Lipinski definition) is 0. The highest BCUT2D eigenvalue weighted by molar-refractivity contribution is 7.15. The van der Waals surface area contributed by atoms with Gasteiger partial charge in [0.05, 0.1) is 17.9 Å². The van der Waals surface area contributed by atoms with Crippen LogP contribution in [0.1, 0.15) is 24.1 Å². The highest BCUT2D eigenvalue weighted by atomic mass is 32.1. The summed E-state index contributed by atoms with van der Waals surface area (Å²) in [5, 5.41) is 1.71. The molecule has 0 bridgehead atoms. The Labute approximate surface area is 200 Å². The van der Waals surface area contributed by atoms with Crippen LogP contribution in [0, 0.1) is 11.7 Å². The summed E-state index contributed by atoms with van der Waals surface area (Å²) in [4.78, 5) is 18.2. The van der Waals surface area contributed by atoms with Gasteiger partial charge in [-0.05, 0) is 54.7 Å². The molecule has 0 radical (unpaired) electrons. The minimum absolute atomic E-state index is 0.125. The summed E-state index contributed by atoms with van der Waals surface area (Å²) in [7, 11) is 0. The molecule has 2 aromatic carbocycles. The fourth-order valence-electron chi connectivity index (χ4n) is 3.58. The van der Waals surface area contributed by atoms with Crippen LogP contribution in [0.15, 0.2) is 58.8 Å². The van der Waals surface area contributed by atoms with Gasteiger partial charge < -0.3 is 9.47 Å². The van der Waals surface area contributed by atoms with Crippen LogP contribution in [0.4, 0.5) is 17.6 Å². The number of benzene rings is 2. The zero-order chi connectivity index (χ0) is 24.6. The van der Waals surface area contributed by atoms with Gasteiger partial charge in [0.1, 0.15) is 5.75 Å². The number of nitrogens with zero attached hydrogens (tertiary/aromatic N) is 2. The van der Waals surface area contributed by atoms with E-state index in [0.717, 1.165) is 25.0 Å². The number of ether oxygens (including phenoxy) is 2. The highest BCUT2D eigenvalue weighted by Crippen LogP contribution is 2.33. The second-order valence-corrected chi connectivity index (χ2v) is 8.92. The number of fused-ring (bicyclic) bond motifs is 1. The predicted molar refractivity (Wildman–Crippen MR) is 125 cm³/mol.